The zero-order valence-corrected chi connectivity index (χ0v) is 12.9. The van der Waals surface area contributed by atoms with Gasteiger partial charge in [-0.05, 0) is 12.5 Å². The van der Waals surface area contributed by atoms with Crippen LogP contribution in [-0.2, 0) is 0 Å². The van der Waals surface area contributed by atoms with Gasteiger partial charge < -0.3 is 19.3 Å². The SMILES string of the molecule is CCCCCCC(O)c1cc(OC)c(OC)cc1OC. The first-order chi connectivity index (χ1) is 9.67. The van der Waals surface area contributed by atoms with E-state index in [1.807, 2.05) is 0 Å². The molecule has 1 atom stereocenters. The number of aliphatic hydroxyl groups is 1. The Morgan fingerprint density at radius 3 is 2.05 bits per heavy atom. The molecule has 1 rings (SSSR count). The highest BCUT2D eigenvalue weighted by Crippen LogP contribution is 2.38. The average molecular weight is 282 g/mol. The average Bonchev–Trinajstić information content (AvgIpc) is 2.49. The van der Waals surface area contributed by atoms with Crippen molar-refractivity contribution in [1.82, 2.24) is 0 Å². The molecular weight excluding hydrogens is 256 g/mol. The standard InChI is InChI=1S/C16H26O4/c1-5-6-7-8-9-13(17)12-10-15(19-3)16(20-4)11-14(12)18-2/h10-11,13,17H,5-9H2,1-4H3. The minimum atomic E-state index is -0.540. The third-order valence-corrected chi connectivity index (χ3v) is 3.43. The highest BCUT2D eigenvalue weighted by atomic mass is 16.5. The fraction of sp³-hybridized carbons (Fsp3) is 0.625. The van der Waals surface area contributed by atoms with Crippen LogP contribution in [0.15, 0.2) is 12.1 Å². The van der Waals surface area contributed by atoms with Crippen molar-refractivity contribution in [2.24, 2.45) is 0 Å². The molecule has 1 aromatic carbocycles. The van der Waals surface area contributed by atoms with Gasteiger partial charge in [-0.2, -0.15) is 0 Å². The molecule has 0 aromatic heterocycles. The highest BCUT2D eigenvalue weighted by molar-refractivity contribution is 5.51. The van der Waals surface area contributed by atoms with Crippen molar-refractivity contribution < 1.29 is 19.3 Å². The zero-order valence-electron chi connectivity index (χ0n) is 12.9. The molecular formula is C16H26O4. The lowest BCUT2D eigenvalue weighted by Crippen LogP contribution is -2.03. The van der Waals surface area contributed by atoms with Crippen LogP contribution in [0.5, 0.6) is 17.2 Å². The molecule has 0 aliphatic carbocycles. The van der Waals surface area contributed by atoms with Gasteiger partial charge in [-0.25, -0.2) is 0 Å². The summed E-state index contributed by atoms with van der Waals surface area (Å²) in [4.78, 5) is 0. The van der Waals surface area contributed by atoms with E-state index < -0.39 is 6.10 Å². The maximum atomic E-state index is 10.3. The van der Waals surface area contributed by atoms with Gasteiger partial charge in [0.1, 0.15) is 5.75 Å². The van der Waals surface area contributed by atoms with Crippen LogP contribution >= 0.6 is 0 Å². The number of rotatable bonds is 9. The molecule has 0 radical (unpaired) electrons. The number of unbranched alkanes of at least 4 members (excludes halogenated alkanes) is 3. The van der Waals surface area contributed by atoms with E-state index in [4.69, 9.17) is 14.2 Å². The number of ether oxygens (including phenoxy) is 3. The molecule has 0 heterocycles. The summed E-state index contributed by atoms with van der Waals surface area (Å²) in [5, 5.41) is 10.3. The zero-order chi connectivity index (χ0) is 15.0. The van der Waals surface area contributed by atoms with Crippen molar-refractivity contribution in [2.45, 2.75) is 45.1 Å². The Morgan fingerprint density at radius 1 is 0.900 bits per heavy atom. The van der Waals surface area contributed by atoms with Crippen LogP contribution in [0, 0.1) is 0 Å². The first-order valence-electron chi connectivity index (χ1n) is 7.15. The van der Waals surface area contributed by atoms with Crippen LogP contribution in [0.3, 0.4) is 0 Å². The van der Waals surface area contributed by atoms with Gasteiger partial charge in [-0.15, -0.1) is 0 Å². The number of hydrogen-bond acceptors (Lipinski definition) is 4. The van der Waals surface area contributed by atoms with E-state index >= 15 is 0 Å². The van der Waals surface area contributed by atoms with E-state index in [0.29, 0.717) is 17.2 Å². The van der Waals surface area contributed by atoms with Gasteiger partial charge in [0.2, 0.25) is 0 Å². The molecule has 1 unspecified atom stereocenters. The molecule has 4 heteroatoms. The largest absolute Gasteiger partial charge is 0.496 e. The van der Waals surface area contributed by atoms with Crippen LogP contribution in [0.4, 0.5) is 0 Å². The first-order valence-corrected chi connectivity index (χ1v) is 7.15. The monoisotopic (exact) mass is 282 g/mol. The second kappa shape index (κ2) is 8.69. The summed E-state index contributed by atoms with van der Waals surface area (Å²) in [6.07, 6.45) is 4.73. The van der Waals surface area contributed by atoms with E-state index in [1.165, 1.54) is 12.8 Å². The van der Waals surface area contributed by atoms with Crippen LogP contribution < -0.4 is 14.2 Å². The van der Waals surface area contributed by atoms with E-state index in [-0.39, 0.29) is 0 Å². The Bertz CT molecular complexity index is 404. The predicted octanol–water partition coefficient (Wildman–Crippen LogP) is 3.72. The number of methoxy groups -OCH3 is 3. The van der Waals surface area contributed by atoms with Crippen molar-refractivity contribution in [1.29, 1.82) is 0 Å². The maximum absolute atomic E-state index is 10.3. The number of benzene rings is 1. The maximum Gasteiger partial charge on any atom is 0.164 e. The highest BCUT2D eigenvalue weighted by Gasteiger charge is 2.17. The molecule has 0 spiro atoms. The minimum absolute atomic E-state index is 0.540. The van der Waals surface area contributed by atoms with Gasteiger partial charge in [0.05, 0.1) is 27.4 Å². The van der Waals surface area contributed by atoms with Gasteiger partial charge in [0.15, 0.2) is 11.5 Å². The molecule has 0 bridgehead atoms. The third-order valence-electron chi connectivity index (χ3n) is 3.43. The number of hydrogen-bond donors (Lipinski definition) is 1. The Hall–Kier alpha value is -1.42. The van der Waals surface area contributed by atoms with Crippen molar-refractivity contribution >= 4 is 0 Å². The summed E-state index contributed by atoms with van der Waals surface area (Å²) < 4.78 is 15.9. The van der Waals surface area contributed by atoms with Gasteiger partial charge in [-0.3, -0.25) is 0 Å². The van der Waals surface area contributed by atoms with Gasteiger partial charge in [0, 0.05) is 11.6 Å². The lowest BCUT2D eigenvalue weighted by atomic mass is 10.0. The Labute approximate surface area is 121 Å². The summed E-state index contributed by atoms with van der Waals surface area (Å²) in [6.45, 7) is 2.17. The summed E-state index contributed by atoms with van der Waals surface area (Å²) >= 11 is 0. The van der Waals surface area contributed by atoms with Crippen LogP contribution in [0.25, 0.3) is 0 Å². The lowest BCUT2D eigenvalue weighted by molar-refractivity contribution is 0.158. The van der Waals surface area contributed by atoms with Gasteiger partial charge in [0.25, 0.3) is 0 Å². The van der Waals surface area contributed by atoms with Crippen LogP contribution in [0.1, 0.15) is 50.7 Å². The fourth-order valence-electron chi connectivity index (χ4n) is 2.23. The fourth-order valence-corrected chi connectivity index (χ4v) is 2.23. The smallest absolute Gasteiger partial charge is 0.164 e. The Balaban J connectivity index is 2.86. The summed E-state index contributed by atoms with van der Waals surface area (Å²) in [7, 11) is 4.76. The molecule has 0 saturated carbocycles. The normalized spacial score (nSPS) is 12.1. The van der Waals surface area contributed by atoms with Gasteiger partial charge >= 0.3 is 0 Å². The Kier molecular flexibility index (Phi) is 7.23. The van der Waals surface area contributed by atoms with E-state index in [0.717, 1.165) is 24.8 Å². The molecule has 0 saturated heterocycles. The Morgan fingerprint density at radius 2 is 1.50 bits per heavy atom. The third kappa shape index (κ3) is 4.30. The summed E-state index contributed by atoms with van der Waals surface area (Å²) in [6, 6.07) is 3.55. The van der Waals surface area contributed by atoms with Crippen molar-refractivity contribution in [3.8, 4) is 17.2 Å². The van der Waals surface area contributed by atoms with Crippen molar-refractivity contribution in [2.75, 3.05) is 21.3 Å². The molecule has 0 fully saturated rings. The van der Waals surface area contributed by atoms with Crippen molar-refractivity contribution in [3.63, 3.8) is 0 Å². The molecule has 0 aliphatic heterocycles. The second-order valence-electron chi connectivity index (χ2n) is 4.81. The van der Waals surface area contributed by atoms with Gasteiger partial charge in [-0.1, -0.05) is 32.6 Å². The summed E-state index contributed by atoms with van der Waals surface area (Å²) in [5.74, 6) is 1.84. The molecule has 20 heavy (non-hydrogen) atoms. The first kappa shape index (κ1) is 16.6. The quantitative estimate of drug-likeness (QED) is 0.701. The molecule has 1 N–H and O–H groups in total. The van der Waals surface area contributed by atoms with E-state index in [1.54, 1.807) is 33.5 Å². The minimum Gasteiger partial charge on any atom is -0.496 e. The molecule has 0 amide bonds. The van der Waals surface area contributed by atoms with Crippen LogP contribution in [0.2, 0.25) is 0 Å². The lowest BCUT2D eigenvalue weighted by Gasteiger charge is -2.18. The van der Waals surface area contributed by atoms with Crippen molar-refractivity contribution in [3.05, 3.63) is 17.7 Å². The van der Waals surface area contributed by atoms with Crippen LogP contribution in [-0.4, -0.2) is 26.4 Å². The number of aliphatic hydroxyl groups excluding tert-OH is 1. The topological polar surface area (TPSA) is 47.9 Å². The second-order valence-corrected chi connectivity index (χ2v) is 4.81. The summed E-state index contributed by atoms with van der Waals surface area (Å²) in [5.41, 5.74) is 0.752. The predicted molar refractivity (Wildman–Crippen MR) is 79.8 cm³/mol. The molecule has 1 aromatic rings. The molecule has 4 nitrogen and oxygen atoms in total. The molecule has 0 aliphatic rings. The van der Waals surface area contributed by atoms with E-state index in [9.17, 15) is 5.11 Å². The molecule has 114 valence electrons. The van der Waals surface area contributed by atoms with E-state index in [2.05, 4.69) is 6.92 Å².